The summed E-state index contributed by atoms with van der Waals surface area (Å²) in [5.74, 6) is -2.52. The predicted molar refractivity (Wildman–Crippen MR) is 74.8 cm³/mol. The molecule has 2 N–H and O–H groups in total. The van der Waals surface area contributed by atoms with E-state index in [1.807, 2.05) is 0 Å². The Hall–Kier alpha value is -2.21. The van der Waals surface area contributed by atoms with Gasteiger partial charge in [-0.05, 0) is 19.1 Å². The van der Waals surface area contributed by atoms with E-state index in [9.17, 15) is 13.9 Å². The van der Waals surface area contributed by atoms with Crippen LogP contribution in [0.5, 0.6) is 11.5 Å². The highest BCUT2D eigenvalue weighted by Crippen LogP contribution is 2.27. The summed E-state index contributed by atoms with van der Waals surface area (Å²) in [6.45, 7) is 1.49. The van der Waals surface area contributed by atoms with E-state index in [-0.39, 0.29) is 28.6 Å². The summed E-state index contributed by atoms with van der Waals surface area (Å²) in [5, 5.41) is 18.6. The number of nitrogens with zero attached hydrogens (tertiary/aromatic N) is 2. The third kappa shape index (κ3) is 3.28. The van der Waals surface area contributed by atoms with Crippen LogP contribution < -0.4 is 0 Å². The summed E-state index contributed by atoms with van der Waals surface area (Å²) in [6, 6.07) is 3.27. The van der Waals surface area contributed by atoms with Gasteiger partial charge in [0.1, 0.15) is 5.75 Å². The first kappa shape index (κ1) is 15.2. The van der Waals surface area contributed by atoms with E-state index in [2.05, 4.69) is 9.98 Å². The highest BCUT2D eigenvalue weighted by Gasteiger charge is 2.11. The molecule has 0 aliphatic heterocycles. The minimum atomic E-state index is -0.879. The number of benzene rings is 1. The Morgan fingerprint density at radius 2 is 2.00 bits per heavy atom. The predicted octanol–water partition coefficient (Wildman–Crippen LogP) is 3.43. The zero-order valence-electron chi connectivity index (χ0n) is 10.9. The zero-order chi connectivity index (χ0) is 15.6. The molecule has 0 radical (unpaired) electrons. The van der Waals surface area contributed by atoms with Crippen LogP contribution in [0.2, 0.25) is 5.15 Å². The standard InChI is InChI=1S/C14H11ClF2N2O2/c1-7(9-4-10(16)12(21)5-11(9)20)19-6-8-2-3-18-14(15)13(8)17/h2-5,20-21H,6H2,1H3/b19-7+. The van der Waals surface area contributed by atoms with Crippen molar-refractivity contribution >= 4 is 17.3 Å². The number of aromatic nitrogens is 1. The molecule has 4 nitrogen and oxygen atoms in total. The average molecular weight is 313 g/mol. The van der Waals surface area contributed by atoms with E-state index in [1.54, 1.807) is 0 Å². The van der Waals surface area contributed by atoms with Gasteiger partial charge in [0, 0.05) is 29.1 Å². The maximum atomic E-state index is 13.6. The number of halogens is 3. The molecule has 0 aliphatic rings. The maximum Gasteiger partial charge on any atom is 0.165 e. The lowest BCUT2D eigenvalue weighted by molar-refractivity contribution is 0.418. The van der Waals surface area contributed by atoms with E-state index in [0.29, 0.717) is 5.71 Å². The van der Waals surface area contributed by atoms with Gasteiger partial charge < -0.3 is 10.2 Å². The molecular weight excluding hydrogens is 302 g/mol. The third-order valence-electron chi connectivity index (χ3n) is 2.87. The zero-order valence-corrected chi connectivity index (χ0v) is 11.7. The molecule has 0 saturated heterocycles. The van der Waals surface area contributed by atoms with Crippen molar-refractivity contribution in [2.75, 3.05) is 0 Å². The third-order valence-corrected chi connectivity index (χ3v) is 3.13. The fraction of sp³-hybridized carbons (Fsp3) is 0.143. The Morgan fingerprint density at radius 3 is 2.71 bits per heavy atom. The van der Waals surface area contributed by atoms with E-state index < -0.39 is 17.4 Å². The van der Waals surface area contributed by atoms with Gasteiger partial charge in [-0.2, -0.15) is 0 Å². The van der Waals surface area contributed by atoms with Crippen LogP contribution in [0.15, 0.2) is 29.4 Å². The molecule has 0 amide bonds. The van der Waals surface area contributed by atoms with Gasteiger partial charge >= 0.3 is 0 Å². The van der Waals surface area contributed by atoms with Gasteiger partial charge in [0.2, 0.25) is 0 Å². The van der Waals surface area contributed by atoms with Gasteiger partial charge in [0.15, 0.2) is 22.5 Å². The van der Waals surface area contributed by atoms with Crippen molar-refractivity contribution < 1.29 is 19.0 Å². The Balaban J connectivity index is 2.30. The smallest absolute Gasteiger partial charge is 0.165 e. The summed E-state index contributed by atoms with van der Waals surface area (Å²) in [6.07, 6.45) is 1.35. The highest BCUT2D eigenvalue weighted by atomic mass is 35.5. The molecule has 0 saturated carbocycles. The number of aliphatic imine (C=N–C) groups is 1. The van der Waals surface area contributed by atoms with Crippen LogP contribution >= 0.6 is 11.6 Å². The minimum absolute atomic E-state index is 0.0398. The molecule has 0 aliphatic carbocycles. The number of pyridine rings is 1. The number of rotatable bonds is 3. The van der Waals surface area contributed by atoms with Gasteiger partial charge in [-0.1, -0.05) is 11.6 Å². The Bertz CT molecular complexity index is 720. The van der Waals surface area contributed by atoms with Crippen molar-refractivity contribution in [3.63, 3.8) is 0 Å². The molecule has 1 aromatic carbocycles. The van der Waals surface area contributed by atoms with E-state index >= 15 is 0 Å². The normalized spacial score (nSPS) is 11.7. The van der Waals surface area contributed by atoms with Crippen molar-refractivity contribution in [2.45, 2.75) is 13.5 Å². The summed E-state index contributed by atoms with van der Waals surface area (Å²) in [7, 11) is 0. The first-order valence-electron chi connectivity index (χ1n) is 5.92. The quantitative estimate of drug-likeness (QED) is 0.674. The van der Waals surface area contributed by atoms with Crippen molar-refractivity contribution in [1.82, 2.24) is 4.98 Å². The van der Waals surface area contributed by atoms with Gasteiger partial charge in [0.05, 0.1) is 6.54 Å². The van der Waals surface area contributed by atoms with Crippen LogP contribution in [0.4, 0.5) is 8.78 Å². The molecule has 110 valence electrons. The lowest BCUT2D eigenvalue weighted by Crippen LogP contribution is -1.99. The molecule has 0 spiro atoms. The summed E-state index contributed by atoms with van der Waals surface area (Å²) < 4.78 is 26.9. The molecule has 1 heterocycles. The van der Waals surface area contributed by atoms with Crippen molar-refractivity contribution in [3.8, 4) is 11.5 Å². The lowest BCUT2D eigenvalue weighted by Gasteiger charge is -2.07. The van der Waals surface area contributed by atoms with Crippen LogP contribution in [-0.4, -0.2) is 20.9 Å². The number of phenolic OH excluding ortho intramolecular Hbond substituents is 2. The van der Waals surface area contributed by atoms with Gasteiger partial charge in [-0.25, -0.2) is 13.8 Å². The molecule has 0 fully saturated rings. The summed E-state index contributed by atoms with van der Waals surface area (Å²) >= 11 is 5.56. The summed E-state index contributed by atoms with van der Waals surface area (Å²) in [4.78, 5) is 7.66. The Labute approximate surface area is 124 Å². The van der Waals surface area contributed by atoms with Crippen molar-refractivity contribution in [2.24, 2.45) is 4.99 Å². The maximum absolute atomic E-state index is 13.6. The molecule has 0 unspecified atom stereocenters. The molecule has 0 atom stereocenters. The molecular formula is C14H11ClF2N2O2. The van der Waals surface area contributed by atoms with Gasteiger partial charge in [-0.15, -0.1) is 0 Å². The van der Waals surface area contributed by atoms with Crippen LogP contribution in [0, 0.1) is 11.6 Å². The molecule has 2 aromatic rings. The fourth-order valence-corrected chi connectivity index (χ4v) is 1.88. The highest BCUT2D eigenvalue weighted by molar-refractivity contribution is 6.29. The van der Waals surface area contributed by atoms with Crippen LogP contribution in [0.25, 0.3) is 0 Å². The molecule has 21 heavy (non-hydrogen) atoms. The average Bonchev–Trinajstić information content (AvgIpc) is 2.44. The monoisotopic (exact) mass is 312 g/mol. The Morgan fingerprint density at radius 1 is 1.29 bits per heavy atom. The number of phenols is 2. The Kier molecular flexibility index (Phi) is 4.37. The second-order valence-corrected chi connectivity index (χ2v) is 4.66. The molecule has 0 bridgehead atoms. The van der Waals surface area contributed by atoms with E-state index in [4.69, 9.17) is 16.7 Å². The first-order valence-corrected chi connectivity index (χ1v) is 6.29. The molecule has 1 aromatic heterocycles. The number of hydrogen-bond acceptors (Lipinski definition) is 4. The first-order chi connectivity index (χ1) is 9.90. The SMILES string of the molecule is C/C(=N\Cc1ccnc(Cl)c1F)c1cc(F)c(O)cc1O. The van der Waals surface area contributed by atoms with Crippen LogP contribution in [0.3, 0.4) is 0 Å². The van der Waals surface area contributed by atoms with Crippen LogP contribution in [-0.2, 0) is 6.54 Å². The van der Waals surface area contributed by atoms with Crippen molar-refractivity contribution in [3.05, 3.63) is 52.3 Å². The summed E-state index contributed by atoms with van der Waals surface area (Å²) in [5.41, 5.74) is 0.637. The van der Waals surface area contributed by atoms with E-state index in [0.717, 1.165) is 12.1 Å². The van der Waals surface area contributed by atoms with Gasteiger partial charge in [0.25, 0.3) is 0 Å². The van der Waals surface area contributed by atoms with Crippen molar-refractivity contribution in [1.29, 1.82) is 0 Å². The second-order valence-electron chi connectivity index (χ2n) is 4.30. The largest absolute Gasteiger partial charge is 0.507 e. The molecule has 2 rings (SSSR count). The number of aromatic hydroxyl groups is 2. The molecule has 7 heteroatoms. The van der Waals surface area contributed by atoms with Crippen LogP contribution in [0.1, 0.15) is 18.1 Å². The van der Waals surface area contributed by atoms with Gasteiger partial charge in [-0.3, -0.25) is 4.99 Å². The minimum Gasteiger partial charge on any atom is -0.507 e. The second kappa shape index (κ2) is 6.05. The lowest BCUT2D eigenvalue weighted by atomic mass is 10.1. The van der Waals surface area contributed by atoms with E-state index in [1.165, 1.54) is 19.2 Å². The topological polar surface area (TPSA) is 65.7 Å². The fourth-order valence-electron chi connectivity index (χ4n) is 1.71. The number of hydrogen-bond donors (Lipinski definition) is 2.